The van der Waals surface area contributed by atoms with Gasteiger partial charge in [-0.25, -0.2) is 8.42 Å². The van der Waals surface area contributed by atoms with Gasteiger partial charge in [0.2, 0.25) is 0 Å². The molecule has 1 saturated heterocycles. The summed E-state index contributed by atoms with van der Waals surface area (Å²) in [5, 5.41) is 1.87. The monoisotopic (exact) mass is 322 g/mol. The molecule has 2 aromatic rings. The van der Waals surface area contributed by atoms with Crippen LogP contribution in [0.3, 0.4) is 0 Å². The summed E-state index contributed by atoms with van der Waals surface area (Å²) in [6, 6.07) is 5.41. The lowest BCUT2D eigenvalue weighted by atomic mass is 9.74. The molecular weight excluding hydrogens is 304 g/mol. The number of sulfonamides is 1. The molecular formula is C15H18N2O2S2. The molecule has 3 heterocycles. The summed E-state index contributed by atoms with van der Waals surface area (Å²) >= 11 is 1.29. The zero-order valence-electron chi connectivity index (χ0n) is 12.3. The second-order valence-corrected chi connectivity index (χ2v) is 9.19. The maximum atomic E-state index is 12.8. The zero-order valence-corrected chi connectivity index (χ0v) is 13.9. The van der Waals surface area contributed by atoms with Crippen molar-refractivity contribution in [1.29, 1.82) is 0 Å². The Balaban J connectivity index is 2.00. The van der Waals surface area contributed by atoms with Crippen molar-refractivity contribution in [2.45, 2.75) is 31.0 Å². The lowest BCUT2D eigenvalue weighted by molar-refractivity contribution is 0.0199. The van der Waals surface area contributed by atoms with E-state index < -0.39 is 10.0 Å². The molecule has 0 saturated carbocycles. The van der Waals surface area contributed by atoms with Crippen molar-refractivity contribution in [3.8, 4) is 0 Å². The van der Waals surface area contributed by atoms with Gasteiger partial charge in [-0.2, -0.15) is 4.31 Å². The van der Waals surface area contributed by atoms with Gasteiger partial charge in [-0.1, -0.05) is 13.8 Å². The molecule has 0 amide bonds. The van der Waals surface area contributed by atoms with E-state index in [0.717, 1.165) is 11.1 Å². The Morgan fingerprint density at radius 3 is 2.52 bits per heavy atom. The predicted molar refractivity (Wildman–Crippen MR) is 83.7 cm³/mol. The molecule has 1 unspecified atom stereocenters. The van der Waals surface area contributed by atoms with Gasteiger partial charge >= 0.3 is 0 Å². The average molecular weight is 322 g/mol. The van der Waals surface area contributed by atoms with Crippen LogP contribution in [0.1, 0.15) is 31.0 Å². The number of aryl methyl sites for hydroxylation is 1. The van der Waals surface area contributed by atoms with Crippen LogP contribution in [0.25, 0.3) is 0 Å². The summed E-state index contributed by atoms with van der Waals surface area (Å²) in [6.07, 6.45) is 3.42. The zero-order chi connectivity index (χ0) is 15.3. The molecule has 1 aliphatic rings. The largest absolute Gasteiger partial charge is 0.265 e. The molecule has 0 radical (unpaired) electrons. The van der Waals surface area contributed by atoms with Crippen molar-refractivity contribution in [3.05, 3.63) is 47.1 Å². The Morgan fingerprint density at radius 1 is 1.33 bits per heavy atom. The molecule has 0 aliphatic carbocycles. The molecule has 1 atom stereocenters. The molecule has 4 nitrogen and oxygen atoms in total. The van der Waals surface area contributed by atoms with Crippen LogP contribution >= 0.6 is 11.3 Å². The van der Waals surface area contributed by atoms with Crippen molar-refractivity contribution in [3.63, 3.8) is 0 Å². The van der Waals surface area contributed by atoms with Crippen molar-refractivity contribution < 1.29 is 8.42 Å². The number of hydrogen-bond donors (Lipinski definition) is 0. The highest BCUT2D eigenvalue weighted by molar-refractivity contribution is 7.91. The minimum atomic E-state index is -3.42. The van der Waals surface area contributed by atoms with Crippen molar-refractivity contribution in [2.24, 2.45) is 5.41 Å². The minimum Gasteiger partial charge on any atom is -0.265 e. The highest BCUT2D eigenvalue weighted by Gasteiger charge is 2.52. The Hall–Kier alpha value is -1.24. The first-order valence-electron chi connectivity index (χ1n) is 6.79. The number of hydrogen-bond acceptors (Lipinski definition) is 4. The van der Waals surface area contributed by atoms with Crippen molar-refractivity contribution in [2.75, 3.05) is 6.54 Å². The number of thiophene rings is 1. The summed E-state index contributed by atoms with van der Waals surface area (Å²) in [5.74, 6) is 0. The highest BCUT2D eigenvalue weighted by Crippen LogP contribution is 2.51. The van der Waals surface area contributed by atoms with Crippen LogP contribution < -0.4 is 0 Å². The second-order valence-electron chi connectivity index (χ2n) is 6.17. The van der Waals surface area contributed by atoms with Crippen LogP contribution in [0.15, 0.2) is 40.2 Å². The summed E-state index contributed by atoms with van der Waals surface area (Å²) in [6.45, 7) is 6.66. The van der Waals surface area contributed by atoms with E-state index >= 15 is 0 Å². The molecule has 0 N–H and O–H groups in total. The number of pyridine rings is 1. The Morgan fingerprint density at radius 2 is 2.00 bits per heavy atom. The molecule has 3 rings (SSSR count). The number of aromatic nitrogens is 1. The molecule has 0 bridgehead atoms. The van der Waals surface area contributed by atoms with E-state index in [2.05, 4.69) is 18.8 Å². The van der Waals surface area contributed by atoms with Crippen LogP contribution in [0.5, 0.6) is 0 Å². The maximum absolute atomic E-state index is 12.8. The molecule has 0 aromatic carbocycles. The predicted octanol–water partition coefficient (Wildman–Crippen LogP) is 3.22. The van der Waals surface area contributed by atoms with E-state index in [0.29, 0.717) is 10.8 Å². The summed E-state index contributed by atoms with van der Waals surface area (Å²) in [5.41, 5.74) is 1.91. The SMILES string of the molecule is Cc1csc(S(=O)(=O)N2CC(C)(C)C2c2ccncc2)c1. The van der Waals surface area contributed by atoms with Gasteiger partial charge in [0.15, 0.2) is 0 Å². The van der Waals surface area contributed by atoms with E-state index in [1.165, 1.54) is 11.3 Å². The Labute approximate surface area is 129 Å². The van der Waals surface area contributed by atoms with Gasteiger partial charge < -0.3 is 0 Å². The first kappa shape index (κ1) is 14.7. The number of nitrogens with zero attached hydrogens (tertiary/aromatic N) is 2. The van der Waals surface area contributed by atoms with E-state index in [1.807, 2.05) is 24.4 Å². The van der Waals surface area contributed by atoms with Crippen molar-refractivity contribution >= 4 is 21.4 Å². The molecule has 1 fully saturated rings. The quantitative estimate of drug-likeness (QED) is 0.872. The Bertz CT molecular complexity index is 751. The number of rotatable bonds is 3. The molecule has 6 heteroatoms. The summed E-state index contributed by atoms with van der Waals surface area (Å²) in [7, 11) is -3.42. The maximum Gasteiger partial charge on any atom is 0.253 e. The standard InChI is InChI=1S/C15H18N2O2S2/c1-11-8-13(20-9-11)21(18,19)17-10-15(2,3)14(17)12-4-6-16-7-5-12/h4-9,14H,10H2,1-3H3. The lowest BCUT2D eigenvalue weighted by Gasteiger charge is -2.53. The van der Waals surface area contributed by atoms with Gasteiger partial charge in [0.1, 0.15) is 4.21 Å². The topological polar surface area (TPSA) is 50.3 Å². The van der Waals surface area contributed by atoms with Gasteiger partial charge in [-0.3, -0.25) is 4.98 Å². The van der Waals surface area contributed by atoms with E-state index in [9.17, 15) is 8.42 Å². The third kappa shape index (κ3) is 2.41. The van der Waals surface area contributed by atoms with E-state index in [1.54, 1.807) is 22.8 Å². The third-order valence-corrected chi connectivity index (χ3v) is 7.23. The van der Waals surface area contributed by atoms with Gasteiger partial charge in [-0.15, -0.1) is 11.3 Å². The summed E-state index contributed by atoms with van der Waals surface area (Å²) < 4.78 is 27.7. The van der Waals surface area contributed by atoms with Crippen LogP contribution in [-0.2, 0) is 10.0 Å². The van der Waals surface area contributed by atoms with Crippen LogP contribution in [0, 0.1) is 12.3 Å². The third-order valence-electron chi connectivity index (χ3n) is 3.88. The highest BCUT2D eigenvalue weighted by atomic mass is 32.2. The molecule has 1 aliphatic heterocycles. The van der Waals surface area contributed by atoms with Gasteiger partial charge in [0.25, 0.3) is 10.0 Å². The minimum absolute atomic E-state index is 0.0687. The first-order chi connectivity index (χ1) is 9.82. The molecule has 0 spiro atoms. The fraction of sp³-hybridized carbons (Fsp3) is 0.400. The van der Waals surface area contributed by atoms with E-state index in [-0.39, 0.29) is 11.5 Å². The molecule has 21 heavy (non-hydrogen) atoms. The fourth-order valence-electron chi connectivity index (χ4n) is 2.90. The second kappa shape index (κ2) is 4.90. The summed E-state index contributed by atoms with van der Waals surface area (Å²) in [4.78, 5) is 4.02. The fourth-order valence-corrected chi connectivity index (χ4v) is 6.19. The average Bonchev–Trinajstić information content (AvgIpc) is 2.85. The normalized spacial score (nSPS) is 22.0. The van der Waals surface area contributed by atoms with Gasteiger partial charge in [0.05, 0.1) is 6.04 Å². The van der Waals surface area contributed by atoms with Crippen LogP contribution in [-0.4, -0.2) is 24.3 Å². The lowest BCUT2D eigenvalue weighted by Crippen LogP contribution is -2.57. The van der Waals surface area contributed by atoms with Gasteiger partial charge in [-0.05, 0) is 47.0 Å². The first-order valence-corrected chi connectivity index (χ1v) is 9.11. The van der Waals surface area contributed by atoms with E-state index in [4.69, 9.17) is 0 Å². The van der Waals surface area contributed by atoms with Crippen molar-refractivity contribution in [1.82, 2.24) is 9.29 Å². The molecule has 112 valence electrons. The smallest absolute Gasteiger partial charge is 0.253 e. The van der Waals surface area contributed by atoms with Crippen LogP contribution in [0.4, 0.5) is 0 Å². The Kier molecular flexibility index (Phi) is 3.43. The van der Waals surface area contributed by atoms with Gasteiger partial charge in [0, 0.05) is 18.9 Å². The van der Waals surface area contributed by atoms with Crippen LogP contribution in [0.2, 0.25) is 0 Å². The molecule has 2 aromatic heterocycles.